The molecule has 1 heterocycles. The van der Waals surface area contributed by atoms with Crippen LogP contribution in [0.25, 0.3) is 0 Å². The summed E-state index contributed by atoms with van der Waals surface area (Å²) in [4.78, 5) is 43.6. The van der Waals surface area contributed by atoms with Gasteiger partial charge in [-0.25, -0.2) is 4.98 Å². The number of nitrogens with zero attached hydrogens (tertiary/aromatic N) is 2. The maximum atomic E-state index is 13.0. The van der Waals surface area contributed by atoms with Crippen LogP contribution >= 0.6 is 11.3 Å². The normalized spacial score (nSPS) is 13.8. The Kier molecular flexibility index (Phi) is 7.79. The Hall–Kier alpha value is -2.74. The Bertz CT molecular complexity index is 950. The van der Waals surface area contributed by atoms with Crippen molar-refractivity contribution in [2.24, 2.45) is 0 Å². The van der Waals surface area contributed by atoms with Crippen molar-refractivity contribution in [1.29, 1.82) is 0 Å². The van der Waals surface area contributed by atoms with E-state index in [0.29, 0.717) is 10.8 Å². The van der Waals surface area contributed by atoms with Gasteiger partial charge in [-0.2, -0.15) is 0 Å². The summed E-state index contributed by atoms with van der Waals surface area (Å²) >= 11 is 1.35. The third-order valence-corrected chi connectivity index (χ3v) is 6.43. The molecule has 1 aromatic carbocycles. The number of amides is 3. The zero-order chi connectivity index (χ0) is 22.4. The Morgan fingerprint density at radius 1 is 1.06 bits per heavy atom. The van der Waals surface area contributed by atoms with Crippen LogP contribution < -0.4 is 15.5 Å². The number of aromatic nitrogens is 1. The van der Waals surface area contributed by atoms with E-state index in [1.54, 1.807) is 0 Å². The van der Waals surface area contributed by atoms with Crippen molar-refractivity contribution in [2.45, 2.75) is 65.3 Å². The molecule has 31 heavy (non-hydrogen) atoms. The number of carbonyl (C=O) groups is 3. The van der Waals surface area contributed by atoms with Gasteiger partial charge < -0.3 is 15.5 Å². The molecule has 1 aliphatic rings. The molecule has 166 valence electrons. The quantitative estimate of drug-likeness (QED) is 0.649. The molecule has 3 rings (SSSR count). The van der Waals surface area contributed by atoms with E-state index in [1.807, 2.05) is 44.4 Å². The number of aryl methyl sites for hydroxylation is 3. The second-order valence-electron chi connectivity index (χ2n) is 8.14. The fourth-order valence-corrected chi connectivity index (χ4v) is 4.36. The number of nitrogens with one attached hydrogen (secondary N) is 2. The van der Waals surface area contributed by atoms with Crippen LogP contribution in [0, 0.1) is 20.8 Å². The molecule has 0 saturated heterocycles. The third-order valence-electron chi connectivity index (χ3n) is 5.56. The fourth-order valence-electron chi connectivity index (χ4n) is 3.65. The molecule has 0 bridgehead atoms. The molecule has 2 N–H and O–H groups in total. The van der Waals surface area contributed by atoms with E-state index in [2.05, 4.69) is 15.6 Å². The number of thiazole rings is 1. The van der Waals surface area contributed by atoms with Gasteiger partial charge in [0, 0.05) is 30.0 Å². The molecule has 1 saturated carbocycles. The van der Waals surface area contributed by atoms with Gasteiger partial charge >= 0.3 is 0 Å². The highest BCUT2D eigenvalue weighted by Crippen LogP contribution is 2.21. The van der Waals surface area contributed by atoms with E-state index in [0.717, 1.165) is 42.5 Å². The van der Waals surface area contributed by atoms with E-state index >= 15 is 0 Å². The SMILES string of the molecule is Cc1csc(NC(=O)CCC(=O)N(CC(=O)NC2CCCC2)c2ccc(C)c(C)c2)n1. The van der Waals surface area contributed by atoms with E-state index in [-0.39, 0.29) is 43.1 Å². The average Bonchev–Trinajstić information content (AvgIpc) is 3.38. The zero-order valence-corrected chi connectivity index (χ0v) is 19.2. The summed E-state index contributed by atoms with van der Waals surface area (Å²) in [6.45, 7) is 5.78. The largest absolute Gasteiger partial charge is 0.352 e. The first kappa shape index (κ1) is 22.9. The Morgan fingerprint density at radius 3 is 2.45 bits per heavy atom. The highest BCUT2D eigenvalue weighted by molar-refractivity contribution is 7.13. The molecule has 1 aliphatic carbocycles. The monoisotopic (exact) mass is 442 g/mol. The van der Waals surface area contributed by atoms with Crippen LogP contribution in [-0.2, 0) is 14.4 Å². The molecule has 0 aliphatic heterocycles. The molecule has 3 amide bonds. The first-order valence-electron chi connectivity index (χ1n) is 10.7. The Labute approximate surface area is 187 Å². The number of anilines is 2. The van der Waals surface area contributed by atoms with Gasteiger partial charge in [-0.15, -0.1) is 11.3 Å². The second kappa shape index (κ2) is 10.5. The summed E-state index contributed by atoms with van der Waals surface area (Å²) in [6.07, 6.45) is 4.26. The van der Waals surface area contributed by atoms with Crippen LogP contribution in [0.15, 0.2) is 23.6 Å². The lowest BCUT2D eigenvalue weighted by atomic mass is 10.1. The minimum atomic E-state index is -0.266. The van der Waals surface area contributed by atoms with Crippen molar-refractivity contribution >= 4 is 39.9 Å². The Balaban J connectivity index is 1.65. The molecular weight excluding hydrogens is 412 g/mol. The van der Waals surface area contributed by atoms with E-state index in [9.17, 15) is 14.4 Å². The van der Waals surface area contributed by atoms with Gasteiger partial charge in [0.1, 0.15) is 6.54 Å². The van der Waals surface area contributed by atoms with Crippen LogP contribution in [0.2, 0.25) is 0 Å². The minimum Gasteiger partial charge on any atom is -0.352 e. The number of benzene rings is 1. The predicted molar refractivity (Wildman–Crippen MR) is 123 cm³/mol. The van der Waals surface area contributed by atoms with Crippen molar-refractivity contribution in [2.75, 3.05) is 16.8 Å². The maximum Gasteiger partial charge on any atom is 0.240 e. The van der Waals surface area contributed by atoms with Gasteiger partial charge in [0.15, 0.2) is 5.13 Å². The van der Waals surface area contributed by atoms with Crippen LogP contribution in [-0.4, -0.2) is 35.3 Å². The van der Waals surface area contributed by atoms with Gasteiger partial charge in [-0.05, 0) is 56.9 Å². The number of hydrogen-bond donors (Lipinski definition) is 2. The van der Waals surface area contributed by atoms with Gasteiger partial charge in [-0.3, -0.25) is 14.4 Å². The van der Waals surface area contributed by atoms with Gasteiger partial charge in [0.25, 0.3) is 0 Å². The summed E-state index contributed by atoms with van der Waals surface area (Å²) in [5.74, 6) is -0.686. The van der Waals surface area contributed by atoms with Crippen molar-refractivity contribution in [3.63, 3.8) is 0 Å². The zero-order valence-electron chi connectivity index (χ0n) is 18.4. The summed E-state index contributed by atoms with van der Waals surface area (Å²) in [5.41, 5.74) is 3.67. The second-order valence-corrected chi connectivity index (χ2v) is 9.00. The highest BCUT2D eigenvalue weighted by atomic mass is 32.1. The first-order valence-corrected chi connectivity index (χ1v) is 11.6. The van der Waals surface area contributed by atoms with Crippen LogP contribution in [0.5, 0.6) is 0 Å². The smallest absolute Gasteiger partial charge is 0.240 e. The highest BCUT2D eigenvalue weighted by Gasteiger charge is 2.23. The summed E-state index contributed by atoms with van der Waals surface area (Å²) in [5, 5.41) is 8.14. The van der Waals surface area contributed by atoms with E-state index < -0.39 is 0 Å². The molecule has 0 spiro atoms. The standard InChI is InChI=1S/C23H30N4O3S/c1-15-8-9-19(12-16(15)2)27(13-21(29)25-18-6-4-5-7-18)22(30)11-10-20(28)26-23-24-17(3)14-31-23/h8-9,12,14,18H,4-7,10-11,13H2,1-3H3,(H,25,29)(H,24,26,28). The first-order chi connectivity index (χ1) is 14.8. The van der Waals surface area contributed by atoms with Crippen molar-refractivity contribution in [1.82, 2.24) is 10.3 Å². The molecule has 1 aromatic heterocycles. The van der Waals surface area contributed by atoms with E-state index in [4.69, 9.17) is 0 Å². The number of hydrogen-bond acceptors (Lipinski definition) is 5. The van der Waals surface area contributed by atoms with E-state index in [1.165, 1.54) is 16.2 Å². The fraction of sp³-hybridized carbons (Fsp3) is 0.478. The topological polar surface area (TPSA) is 91.4 Å². The lowest BCUT2D eigenvalue weighted by molar-refractivity contribution is -0.125. The lowest BCUT2D eigenvalue weighted by Gasteiger charge is -2.24. The third kappa shape index (κ3) is 6.62. The molecule has 2 aromatic rings. The maximum absolute atomic E-state index is 13.0. The molecule has 7 nitrogen and oxygen atoms in total. The lowest BCUT2D eigenvalue weighted by Crippen LogP contribution is -2.44. The number of rotatable bonds is 8. The molecule has 8 heteroatoms. The van der Waals surface area contributed by atoms with Gasteiger partial charge in [0.2, 0.25) is 17.7 Å². The van der Waals surface area contributed by atoms with Gasteiger partial charge in [-0.1, -0.05) is 18.9 Å². The predicted octanol–water partition coefficient (Wildman–Crippen LogP) is 3.88. The van der Waals surface area contributed by atoms with Crippen molar-refractivity contribution < 1.29 is 14.4 Å². The van der Waals surface area contributed by atoms with Crippen molar-refractivity contribution in [3.8, 4) is 0 Å². The average molecular weight is 443 g/mol. The molecule has 0 radical (unpaired) electrons. The van der Waals surface area contributed by atoms with Crippen LogP contribution in [0.4, 0.5) is 10.8 Å². The minimum absolute atomic E-state index is 0.0137. The van der Waals surface area contributed by atoms with Gasteiger partial charge in [0.05, 0.1) is 5.69 Å². The van der Waals surface area contributed by atoms with Crippen molar-refractivity contribution in [3.05, 3.63) is 40.4 Å². The number of carbonyl (C=O) groups excluding carboxylic acids is 3. The Morgan fingerprint density at radius 2 is 1.81 bits per heavy atom. The summed E-state index contributed by atoms with van der Waals surface area (Å²) < 4.78 is 0. The molecule has 0 atom stereocenters. The summed E-state index contributed by atoms with van der Waals surface area (Å²) in [7, 11) is 0. The van der Waals surface area contributed by atoms with Crippen LogP contribution in [0.1, 0.15) is 55.3 Å². The van der Waals surface area contributed by atoms with Crippen LogP contribution in [0.3, 0.4) is 0 Å². The summed E-state index contributed by atoms with van der Waals surface area (Å²) in [6, 6.07) is 5.89. The molecule has 1 fully saturated rings. The molecule has 0 unspecified atom stereocenters. The molecular formula is C23H30N4O3S.